The van der Waals surface area contributed by atoms with Crippen LogP contribution in [0, 0.1) is 12.0 Å². The molecule has 0 saturated carbocycles. The molecule has 18 heavy (non-hydrogen) atoms. The SMILES string of the molecule is [C-]#[N+]C[P@]1(=O)OCC(C)(C)[C@H](c2ccccc2)O1. The van der Waals surface area contributed by atoms with Gasteiger partial charge in [0.15, 0.2) is 0 Å². The standard InChI is InChI=1S/C13H16NO3P/c1-13(2)9-16-18(15,10-14-3)17-12(13)11-7-5-4-6-8-11/h4-8,12H,9-10H2,1-2H3/t12-,18-/m0/s1. The summed E-state index contributed by atoms with van der Waals surface area (Å²) in [5.74, 6) is 0. The van der Waals surface area contributed by atoms with Crippen LogP contribution in [0.1, 0.15) is 25.5 Å². The molecule has 0 aliphatic carbocycles. The molecule has 96 valence electrons. The predicted octanol–water partition coefficient (Wildman–Crippen LogP) is 3.87. The second-order valence-corrected chi connectivity index (χ2v) is 7.04. The van der Waals surface area contributed by atoms with Gasteiger partial charge < -0.3 is 9.37 Å². The first kappa shape index (κ1) is 13.3. The van der Waals surface area contributed by atoms with Crippen LogP contribution in [0.2, 0.25) is 0 Å². The lowest BCUT2D eigenvalue weighted by molar-refractivity contribution is -0.0259. The van der Waals surface area contributed by atoms with Crippen molar-refractivity contribution in [2.24, 2.45) is 5.41 Å². The maximum Gasteiger partial charge on any atom is 0.409 e. The molecule has 1 aromatic rings. The van der Waals surface area contributed by atoms with E-state index in [0.717, 1.165) is 5.56 Å². The summed E-state index contributed by atoms with van der Waals surface area (Å²) in [5, 5.41) is 0. The normalized spacial score (nSPS) is 30.6. The molecule has 0 radical (unpaired) electrons. The largest absolute Gasteiger partial charge is 0.409 e. The average molecular weight is 265 g/mol. The summed E-state index contributed by atoms with van der Waals surface area (Å²) in [6, 6.07) is 9.66. The maximum atomic E-state index is 12.2. The number of benzene rings is 1. The highest BCUT2D eigenvalue weighted by atomic mass is 31.2. The van der Waals surface area contributed by atoms with Crippen molar-refractivity contribution in [3.05, 3.63) is 47.3 Å². The summed E-state index contributed by atoms with van der Waals surface area (Å²) in [5.41, 5.74) is 0.702. The molecule has 1 aliphatic rings. The van der Waals surface area contributed by atoms with Gasteiger partial charge in [-0.15, -0.1) is 0 Å². The maximum absolute atomic E-state index is 12.2. The Bertz CT molecular complexity index is 507. The van der Waals surface area contributed by atoms with E-state index < -0.39 is 7.60 Å². The van der Waals surface area contributed by atoms with Crippen molar-refractivity contribution in [2.45, 2.75) is 20.0 Å². The van der Waals surface area contributed by atoms with Gasteiger partial charge in [0.1, 0.15) is 0 Å². The Morgan fingerprint density at radius 2 is 2.11 bits per heavy atom. The Morgan fingerprint density at radius 1 is 1.44 bits per heavy atom. The summed E-state index contributed by atoms with van der Waals surface area (Å²) in [4.78, 5) is 3.14. The fourth-order valence-corrected chi connectivity index (χ4v) is 3.61. The van der Waals surface area contributed by atoms with Gasteiger partial charge in [-0.1, -0.05) is 44.2 Å². The first-order valence-electron chi connectivity index (χ1n) is 5.77. The Kier molecular flexibility index (Phi) is 3.59. The second kappa shape index (κ2) is 4.85. The molecule has 1 aromatic carbocycles. The van der Waals surface area contributed by atoms with Crippen LogP contribution >= 0.6 is 7.60 Å². The highest BCUT2D eigenvalue weighted by Crippen LogP contribution is 2.60. The summed E-state index contributed by atoms with van der Waals surface area (Å²) in [7, 11) is -3.27. The third-order valence-electron chi connectivity index (χ3n) is 2.96. The lowest BCUT2D eigenvalue weighted by Gasteiger charge is -2.40. The molecule has 0 spiro atoms. The fraction of sp³-hybridized carbons (Fsp3) is 0.462. The first-order valence-corrected chi connectivity index (χ1v) is 7.50. The summed E-state index contributed by atoms with van der Waals surface area (Å²) in [6.45, 7) is 11.2. The quantitative estimate of drug-likeness (QED) is 0.602. The summed E-state index contributed by atoms with van der Waals surface area (Å²) < 4.78 is 23.2. The van der Waals surface area contributed by atoms with Crippen molar-refractivity contribution >= 4 is 7.60 Å². The molecule has 2 rings (SSSR count). The highest BCUT2D eigenvalue weighted by molar-refractivity contribution is 7.54. The second-order valence-electron chi connectivity index (χ2n) is 5.07. The first-order chi connectivity index (χ1) is 8.47. The van der Waals surface area contributed by atoms with Gasteiger partial charge >= 0.3 is 13.9 Å². The van der Waals surface area contributed by atoms with Gasteiger partial charge in [-0.05, 0) is 5.56 Å². The van der Waals surface area contributed by atoms with Crippen LogP contribution < -0.4 is 0 Å². The molecule has 5 heteroatoms. The van der Waals surface area contributed by atoms with Crippen LogP contribution in [0.15, 0.2) is 30.3 Å². The van der Waals surface area contributed by atoms with E-state index in [9.17, 15) is 4.57 Å². The molecular weight excluding hydrogens is 249 g/mol. The molecule has 1 aliphatic heterocycles. The topological polar surface area (TPSA) is 39.9 Å². The van der Waals surface area contributed by atoms with Crippen molar-refractivity contribution in [1.29, 1.82) is 0 Å². The zero-order chi connectivity index (χ0) is 13.2. The van der Waals surface area contributed by atoms with Crippen LogP contribution in [0.3, 0.4) is 0 Å². The molecular formula is C13H16NO3P. The molecule has 1 fully saturated rings. The zero-order valence-electron chi connectivity index (χ0n) is 10.5. The lowest BCUT2D eigenvalue weighted by atomic mass is 9.83. The van der Waals surface area contributed by atoms with Crippen LogP contribution in [-0.4, -0.2) is 12.9 Å². The lowest BCUT2D eigenvalue weighted by Crippen LogP contribution is -2.33. The number of hydrogen-bond donors (Lipinski definition) is 0. The van der Waals surface area contributed by atoms with E-state index in [4.69, 9.17) is 15.6 Å². The van der Waals surface area contributed by atoms with E-state index >= 15 is 0 Å². The Labute approximate surface area is 107 Å². The van der Waals surface area contributed by atoms with Gasteiger partial charge in [-0.25, -0.2) is 6.57 Å². The van der Waals surface area contributed by atoms with Gasteiger partial charge in [-0.3, -0.25) is 9.09 Å². The third kappa shape index (κ3) is 2.64. The smallest absolute Gasteiger partial charge is 0.303 e. The Balaban J connectivity index is 2.31. The number of nitrogens with zero attached hydrogens (tertiary/aromatic N) is 1. The van der Waals surface area contributed by atoms with Crippen LogP contribution in [0.25, 0.3) is 4.85 Å². The molecule has 0 unspecified atom stereocenters. The van der Waals surface area contributed by atoms with Gasteiger partial charge in [0, 0.05) is 5.41 Å². The minimum absolute atomic E-state index is 0.216. The third-order valence-corrected chi connectivity index (χ3v) is 4.50. The molecule has 1 heterocycles. The molecule has 4 nitrogen and oxygen atoms in total. The van der Waals surface area contributed by atoms with E-state index in [2.05, 4.69) is 4.85 Å². The van der Waals surface area contributed by atoms with Gasteiger partial charge in [-0.2, -0.15) is 0 Å². The summed E-state index contributed by atoms with van der Waals surface area (Å²) in [6.07, 6.45) is -0.521. The molecule has 0 bridgehead atoms. The van der Waals surface area contributed by atoms with Crippen molar-refractivity contribution in [3.63, 3.8) is 0 Å². The minimum atomic E-state index is -3.27. The predicted molar refractivity (Wildman–Crippen MR) is 69.1 cm³/mol. The minimum Gasteiger partial charge on any atom is -0.303 e. The van der Waals surface area contributed by atoms with Crippen LogP contribution in [0.5, 0.6) is 0 Å². The van der Waals surface area contributed by atoms with Gasteiger partial charge in [0.05, 0.1) is 12.7 Å². The van der Waals surface area contributed by atoms with E-state index in [1.807, 2.05) is 44.2 Å². The van der Waals surface area contributed by atoms with E-state index in [0.29, 0.717) is 6.61 Å². The Hall–Kier alpha value is -1.14. The van der Waals surface area contributed by atoms with Crippen molar-refractivity contribution < 1.29 is 13.6 Å². The molecule has 0 aromatic heterocycles. The molecule has 2 atom stereocenters. The van der Waals surface area contributed by atoms with Crippen LogP contribution in [-0.2, 0) is 13.6 Å². The molecule has 0 N–H and O–H groups in total. The van der Waals surface area contributed by atoms with E-state index in [1.54, 1.807) is 0 Å². The van der Waals surface area contributed by atoms with Gasteiger partial charge in [0.2, 0.25) is 0 Å². The molecule has 1 saturated heterocycles. The van der Waals surface area contributed by atoms with E-state index in [-0.39, 0.29) is 17.8 Å². The monoisotopic (exact) mass is 265 g/mol. The number of hydrogen-bond acceptors (Lipinski definition) is 3. The van der Waals surface area contributed by atoms with Crippen LogP contribution in [0.4, 0.5) is 0 Å². The highest BCUT2D eigenvalue weighted by Gasteiger charge is 2.46. The van der Waals surface area contributed by atoms with Gasteiger partial charge in [0.25, 0.3) is 0 Å². The summed E-state index contributed by atoms with van der Waals surface area (Å²) >= 11 is 0. The fourth-order valence-electron chi connectivity index (χ4n) is 1.97. The Morgan fingerprint density at radius 3 is 2.72 bits per heavy atom. The van der Waals surface area contributed by atoms with Crippen molar-refractivity contribution in [3.8, 4) is 0 Å². The zero-order valence-corrected chi connectivity index (χ0v) is 11.4. The van der Waals surface area contributed by atoms with Crippen molar-refractivity contribution in [2.75, 3.05) is 12.9 Å². The average Bonchev–Trinajstić information content (AvgIpc) is 2.34. The van der Waals surface area contributed by atoms with E-state index in [1.165, 1.54) is 0 Å². The van der Waals surface area contributed by atoms with Crippen molar-refractivity contribution in [1.82, 2.24) is 0 Å². The molecule has 0 amide bonds. The number of rotatable bonds is 2.